The fourth-order valence-corrected chi connectivity index (χ4v) is 4.08. The van der Waals surface area contributed by atoms with E-state index in [2.05, 4.69) is 5.32 Å². The zero-order valence-electron chi connectivity index (χ0n) is 16.8. The number of carbonyl (C=O) groups is 4. The first-order valence-electron chi connectivity index (χ1n) is 9.82. The Balaban J connectivity index is 1.46. The van der Waals surface area contributed by atoms with Crippen LogP contribution in [0.5, 0.6) is 0 Å². The number of Topliss-reactive ketones (excluding diaryl/α,β-unsaturated/α-hetero) is 1. The van der Waals surface area contributed by atoms with Gasteiger partial charge in [0.2, 0.25) is 17.6 Å². The van der Waals surface area contributed by atoms with Gasteiger partial charge in [0.05, 0.1) is 10.4 Å². The summed E-state index contributed by atoms with van der Waals surface area (Å²) in [6.45, 7) is 2.95. The quantitative estimate of drug-likeness (QED) is 0.490. The van der Waals surface area contributed by atoms with Gasteiger partial charge in [0, 0.05) is 37.9 Å². The van der Waals surface area contributed by atoms with Crippen LogP contribution >= 0.6 is 11.3 Å². The lowest BCUT2D eigenvalue weighted by Crippen LogP contribution is -2.23. The summed E-state index contributed by atoms with van der Waals surface area (Å²) in [6.07, 6.45) is 2.13. The number of benzene rings is 1. The summed E-state index contributed by atoms with van der Waals surface area (Å²) in [7, 11) is 0. The predicted molar refractivity (Wildman–Crippen MR) is 112 cm³/mol. The Morgan fingerprint density at radius 2 is 1.90 bits per heavy atom. The minimum Gasteiger partial charge on any atom is -0.454 e. The molecule has 8 heteroatoms. The number of likely N-dealkylation sites (tertiary alicyclic amines) is 1. The maximum Gasteiger partial charge on any atom is 0.338 e. The third-order valence-electron chi connectivity index (χ3n) is 4.75. The molecule has 0 atom stereocenters. The van der Waals surface area contributed by atoms with Crippen LogP contribution in [-0.4, -0.2) is 48.2 Å². The van der Waals surface area contributed by atoms with Crippen molar-refractivity contribution in [3.8, 4) is 0 Å². The molecule has 3 rings (SSSR count). The van der Waals surface area contributed by atoms with Gasteiger partial charge < -0.3 is 15.0 Å². The molecular weight excluding hydrogens is 404 g/mol. The van der Waals surface area contributed by atoms with Gasteiger partial charge in [0.1, 0.15) is 0 Å². The number of amides is 2. The number of nitrogens with zero attached hydrogens (tertiary/aromatic N) is 1. The molecule has 0 radical (unpaired) electrons. The summed E-state index contributed by atoms with van der Waals surface area (Å²) in [4.78, 5) is 50.4. The van der Waals surface area contributed by atoms with E-state index in [9.17, 15) is 19.2 Å². The number of esters is 1. The minimum absolute atomic E-state index is 0.0904. The van der Waals surface area contributed by atoms with Crippen LogP contribution in [0.25, 0.3) is 0 Å². The molecule has 0 spiro atoms. The molecule has 0 aliphatic carbocycles. The van der Waals surface area contributed by atoms with E-state index in [1.807, 2.05) is 6.07 Å². The Morgan fingerprint density at radius 1 is 1.13 bits per heavy atom. The zero-order chi connectivity index (χ0) is 21.5. The third-order valence-corrected chi connectivity index (χ3v) is 5.94. The fourth-order valence-electron chi connectivity index (χ4n) is 3.15. The predicted octanol–water partition coefficient (Wildman–Crippen LogP) is 2.59. The molecule has 1 aliphatic rings. The number of thiophene rings is 1. The summed E-state index contributed by atoms with van der Waals surface area (Å²) in [6, 6.07) is 10.4. The van der Waals surface area contributed by atoms with Crippen molar-refractivity contribution in [2.75, 3.05) is 19.7 Å². The Labute approximate surface area is 179 Å². The number of carbonyl (C=O) groups excluding carboxylic acids is 4. The minimum atomic E-state index is -0.561. The SMILES string of the molecule is CC(=O)NCCc1ccc(C(=O)COC(=O)c2ccc(CN3CCCC3=O)cc2)s1. The van der Waals surface area contributed by atoms with Crippen molar-refractivity contribution in [1.29, 1.82) is 0 Å². The molecule has 1 saturated heterocycles. The highest BCUT2D eigenvalue weighted by Crippen LogP contribution is 2.18. The van der Waals surface area contributed by atoms with E-state index in [1.54, 1.807) is 35.2 Å². The average Bonchev–Trinajstić information content (AvgIpc) is 3.35. The van der Waals surface area contributed by atoms with Crippen LogP contribution in [0.4, 0.5) is 0 Å². The summed E-state index contributed by atoms with van der Waals surface area (Å²) >= 11 is 1.33. The van der Waals surface area contributed by atoms with Crippen LogP contribution in [0.15, 0.2) is 36.4 Å². The number of ether oxygens (including phenoxy) is 1. The van der Waals surface area contributed by atoms with Gasteiger partial charge in [-0.25, -0.2) is 4.79 Å². The number of nitrogens with one attached hydrogen (secondary N) is 1. The fraction of sp³-hybridized carbons (Fsp3) is 0.364. The van der Waals surface area contributed by atoms with Crippen LogP contribution in [0.3, 0.4) is 0 Å². The first-order valence-corrected chi connectivity index (χ1v) is 10.6. The summed E-state index contributed by atoms with van der Waals surface area (Å²) in [5, 5.41) is 2.71. The van der Waals surface area contributed by atoms with Gasteiger partial charge in [-0.15, -0.1) is 11.3 Å². The molecule has 2 amide bonds. The molecule has 2 aromatic rings. The van der Waals surface area contributed by atoms with Gasteiger partial charge in [-0.05, 0) is 42.7 Å². The number of rotatable bonds is 9. The smallest absolute Gasteiger partial charge is 0.338 e. The summed E-state index contributed by atoms with van der Waals surface area (Å²) < 4.78 is 5.15. The zero-order valence-corrected chi connectivity index (χ0v) is 17.6. The molecule has 0 saturated carbocycles. The molecule has 0 bridgehead atoms. The van der Waals surface area contributed by atoms with Crippen molar-refractivity contribution >= 4 is 34.9 Å². The highest BCUT2D eigenvalue weighted by molar-refractivity contribution is 7.14. The first kappa shape index (κ1) is 21.7. The van der Waals surface area contributed by atoms with E-state index < -0.39 is 5.97 Å². The largest absolute Gasteiger partial charge is 0.454 e. The topological polar surface area (TPSA) is 92.8 Å². The van der Waals surface area contributed by atoms with Gasteiger partial charge in [0.15, 0.2) is 6.61 Å². The van der Waals surface area contributed by atoms with Crippen molar-refractivity contribution in [1.82, 2.24) is 10.2 Å². The maximum atomic E-state index is 12.3. The molecule has 158 valence electrons. The van der Waals surface area contributed by atoms with Gasteiger partial charge in [-0.3, -0.25) is 14.4 Å². The summed E-state index contributed by atoms with van der Waals surface area (Å²) in [5.41, 5.74) is 1.31. The Morgan fingerprint density at radius 3 is 2.57 bits per heavy atom. The normalized spacial score (nSPS) is 13.4. The number of hydrogen-bond donors (Lipinski definition) is 1. The van der Waals surface area contributed by atoms with Crippen molar-refractivity contribution in [2.45, 2.75) is 32.7 Å². The van der Waals surface area contributed by atoms with Crippen molar-refractivity contribution in [3.63, 3.8) is 0 Å². The summed E-state index contributed by atoms with van der Waals surface area (Å²) in [5.74, 6) is -0.755. The molecule has 1 fully saturated rings. The highest BCUT2D eigenvalue weighted by Gasteiger charge is 2.20. The second-order valence-corrected chi connectivity index (χ2v) is 8.28. The molecule has 1 aromatic carbocycles. The monoisotopic (exact) mass is 428 g/mol. The lowest BCUT2D eigenvalue weighted by molar-refractivity contribution is -0.128. The van der Waals surface area contributed by atoms with E-state index in [1.165, 1.54) is 18.3 Å². The second-order valence-electron chi connectivity index (χ2n) is 7.11. The van der Waals surface area contributed by atoms with Crippen molar-refractivity contribution < 1.29 is 23.9 Å². The Hall–Kier alpha value is -3.00. The van der Waals surface area contributed by atoms with Crippen LogP contribution in [0.1, 0.15) is 50.2 Å². The molecule has 1 aromatic heterocycles. The molecule has 30 heavy (non-hydrogen) atoms. The van der Waals surface area contributed by atoms with Crippen molar-refractivity contribution in [3.05, 3.63) is 57.3 Å². The third kappa shape index (κ3) is 6.00. The standard InChI is InChI=1S/C22H24N2O5S/c1-15(25)23-11-10-18-8-9-20(30-18)19(26)14-29-22(28)17-6-4-16(5-7-17)13-24-12-2-3-21(24)27/h4-9H,2-3,10-14H2,1H3,(H,23,25). The van der Waals surface area contributed by atoms with Gasteiger partial charge in [0.25, 0.3) is 0 Å². The van der Waals surface area contributed by atoms with Crippen molar-refractivity contribution in [2.24, 2.45) is 0 Å². The maximum absolute atomic E-state index is 12.3. The molecule has 1 N–H and O–H groups in total. The van der Waals surface area contributed by atoms with E-state index in [4.69, 9.17) is 4.74 Å². The Kier molecular flexibility index (Phi) is 7.35. The van der Waals surface area contributed by atoms with Crippen LogP contribution < -0.4 is 5.32 Å². The molecule has 1 aliphatic heterocycles. The van der Waals surface area contributed by atoms with E-state index >= 15 is 0 Å². The molecular formula is C22H24N2O5S. The van der Waals surface area contributed by atoms with Crippen LogP contribution in [-0.2, 0) is 27.3 Å². The van der Waals surface area contributed by atoms with E-state index in [0.717, 1.165) is 23.4 Å². The average molecular weight is 429 g/mol. The highest BCUT2D eigenvalue weighted by atomic mass is 32.1. The molecule has 2 heterocycles. The lowest BCUT2D eigenvalue weighted by Gasteiger charge is -2.15. The van der Waals surface area contributed by atoms with Gasteiger partial charge in [-0.2, -0.15) is 0 Å². The Bertz CT molecular complexity index is 935. The second kappa shape index (κ2) is 10.2. The number of ketones is 1. The van der Waals surface area contributed by atoms with E-state index in [-0.39, 0.29) is 24.2 Å². The van der Waals surface area contributed by atoms with Crippen LogP contribution in [0.2, 0.25) is 0 Å². The molecule has 0 unspecified atom stereocenters. The van der Waals surface area contributed by atoms with E-state index in [0.29, 0.717) is 36.4 Å². The van der Waals surface area contributed by atoms with Gasteiger partial charge >= 0.3 is 5.97 Å². The first-order chi connectivity index (χ1) is 14.4. The lowest BCUT2D eigenvalue weighted by atomic mass is 10.1. The van der Waals surface area contributed by atoms with Crippen LogP contribution in [0, 0.1) is 0 Å². The number of hydrogen-bond acceptors (Lipinski definition) is 6. The van der Waals surface area contributed by atoms with Gasteiger partial charge in [-0.1, -0.05) is 12.1 Å². The molecule has 7 nitrogen and oxygen atoms in total.